The lowest BCUT2D eigenvalue weighted by Gasteiger charge is -2.18. The maximum absolute atomic E-state index is 15.1. The van der Waals surface area contributed by atoms with Gasteiger partial charge in [0, 0.05) is 51.4 Å². The average molecular weight is 340 g/mol. The maximum atomic E-state index is 15.1. The smallest absolute Gasteiger partial charge is 0.141 e. The molecule has 1 aromatic carbocycles. The molecular formula is C20H17ClFN2. The van der Waals surface area contributed by atoms with Crippen molar-refractivity contribution in [2.75, 3.05) is 0 Å². The second kappa shape index (κ2) is 6.33. The average Bonchev–Trinajstić information content (AvgIpc) is 2.55. The predicted octanol–water partition coefficient (Wildman–Crippen LogP) is 5.70. The van der Waals surface area contributed by atoms with Gasteiger partial charge in [0.25, 0.3) is 0 Å². The van der Waals surface area contributed by atoms with Gasteiger partial charge < -0.3 is 0 Å². The number of aromatic nitrogens is 2. The molecule has 0 unspecified atom stereocenters. The molecule has 0 spiro atoms. The SMILES string of the molecule is CC(C)(C)c1cc(-c2cncc(-c3cc[c]cc3Cl)c2F)ccn1. The molecule has 0 atom stereocenters. The highest BCUT2D eigenvalue weighted by molar-refractivity contribution is 6.33. The second-order valence-electron chi connectivity index (χ2n) is 6.63. The van der Waals surface area contributed by atoms with E-state index >= 15 is 4.39 Å². The zero-order valence-corrected chi connectivity index (χ0v) is 14.5. The van der Waals surface area contributed by atoms with Crippen molar-refractivity contribution in [1.29, 1.82) is 0 Å². The van der Waals surface area contributed by atoms with E-state index in [4.69, 9.17) is 11.6 Å². The van der Waals surface area contributed by atoms with E-state index in [-0.39, 0.29) is 11.2 Å². The van der Waals surface area contributed by atoms with Crippen LogP contribution < -0.4 is 0 Å². The quantitative estimate of drug-likeness (QED) is 0.598. The summed E-state index contributed by atoms with van der Waals surface area (Å²) in [4.78, 5) is 8.59. The number of halogens is 2. The van der Waals surface area contributed by atoms with Crippen molar-refractivity contribution in [2.24, 2.45) is 0 Å². The minimum absolute atomic E-state index is 0.115. The third kappa shape index (κ3) is 3.17. The Morgan fingerprint density at radius 2 is 1.83 bits per heavy atom. The lowest BCUT2D eigenvalue weighted by Crippen LogP contribution is -2.13. The van der Waals surface area contributed by atoms with E-state index in [1.54, 1.807) is 30.5 Å². The van der Waals surface area contributed by atoms with Crippen LogP contribution in [0.1, 0.15) is 26.5 Å². The minimum Gasteiger partial charge on any atom is -0.263 e. The molecule has 24 heavy (non-hydrogen) atoms. The first-order valence-corrected chi connectivity index (χ1v) is 8.02. The van der Waals surface area contributed by atoms with Gasteiger partial charge in [0.1, 0.15) is 5.82 Å². The third-order valence-corrected chi connectivity index (χ3v) is 4.14. The summed E-state index contributed by atoms with van der Waals surface area (Å²) in [6.45, 7) is 6.22. The van der Waals surface area contributed by atoms with Gasteiger partial charge in [-0.05, 0) is 29.8 Å². The first-order chi connectivity index (χ1) is 11.4. The van der Waals surface area contributed by atoms with Gasteiger partial charge in [0.2, 0.25) is 0 Å². The molecule has 1 radical (unpaired) electrons. The van der Waals surface area contributed by atoms with E-state index in [1.165, 1.54) is 12.4 Å². The number of hydrogen-bond donors (Lipinski definition) is 0. The maximum Gasteiger partial charge on any atom is 0.141 e. The van der Waals surface area contributed by atoms with E-state index in [0.717, 1.165) is 11.3 Å². The number of hydrogen-bond acceptors (Lipinski definition) is 2. The van der Waals surface area contributed by atoms with Crippen LogP contribution in [0.15, 0.2) is 48.9 Å². The topological polar surface area (TPSA) is 25.8 Å². The fourth-order valence-corrected chi connectivity index (χ4v) is 2.70. The summed E-state index contributed by atoms with van der Waals surface area (Å²) in [5, 5.41) is 0.445. The fourth-order valence-electron chi connectivity index (χ4n) is 2.47. The van der Waals surface area contributed by atoms with Gasteiger partial charge in [0.15, 0.2) is 0 Å². The Morgan fingerprint density at radius 3 is 2.54 bits per heavy atom. The van der Waals surface area contributed by atoms with Crippen molar-refractivity contribution in [3.8, 4) is 22.3 Å². The molecule has 2 aromatic heterocycles. The minimum atomic E-state index is -0.343. The molecule has 3 aromatic rings. The van der Waals surface area contributed by atoms with E-state index in [9.17, 15) is 0 Å². The Bertz CT molecular complexity index is 885. The lowest BCUT2D eigenvalue weighted by atomic mass is 9.90. The Labute approximate surface area is 146 Å². The first-order valence-electron chi connectivity index (χ1n) is 7.64. The van der Waals surface area contributed by atoms with Gasteiger partial charge in [-0.3, -0.25) is 9.97 Å². The molecule has 121 valence electrons. The van der Waals surface area contributed by atoms with E-state index in [1.807, 2.05) is 6.07 Å². The fraction of sp³-hybridized carbons (Fsp3) is 0.200. The number of nitrogens with zero attached hydrogens (tertiary/aromatic N) is 2. The molecule has 4 heteroatoms. The molecule has 0 saturated carbocycles. The van der Waals surface area contributed by atoms with Gasteiger partial charge in [0.05, 0.1) is 0 Å². The molecule has 0 aliphatic rings. The van der Waals surface area contributed by atoms with E-state index < -0.39 is 0 Å². The van der Waals surface area contributed by atoms with Crippen molar-refractivity contribution in [3.63, 3.8) is 0 Å². The van der Waals surface area contributed by atoms with Crippen LogP contribution in [0.4, 0.5) is 4.39 Å². The largest absolute Gasteiger partial charge is 0.263 e. The van der Waals surface area contributed by atoms with Crippen LogP contribution >= 0.6 is 11.6 Å². The molecule has 2 heterocycles. The molecule has 2 nitrogen and oxygen atoms in total. The summed E-state index contributed by atoms with van der Waals surface area (Å²) in [6, 6.07) is 11.6. The molecule has 0 aliphatic carbocycles. The molecular weight excluding hydrogens is 323 g/mol. The van der Waals surface area contributed by atoms with Crippen LogP contribution in [0, 0.1) is 11.9 Å². The van der Waals surface area contributed by atoms with Crippen LogP contribution in [0.5, 0.6) is 0 Å². The first kappa shape index (κ1) is 16.6. The van der Waals surface area contributed by atoms with Gasteiger partial charge >= 0.3 is 0 Å². The van der Waals surface area contributed by atoms with Crippen molar-refractivity contribution in [1.82, 2.24) is 9.97 Å². The monoisotopic (exact) mass is 339 g/mol. The van der Waals surface area contributed by atoms with Gasteiger partial charge in [-0.15, -0.1) is 0 Å². The summed E-state index contributed by atoms with van der Waals surface area (Å²) < 4.78 is 15.1. The van der Waals surface area contributed by atoms with E-state index in [2.05, 4.69) is 36.8 Å². The highest BCUT2D eigenvalue weighted by Gasteiger charge is 2.18. The lowest BCUT2D eigenvalue weighted by molar-refractivity contribution is 0.569. The number of pyridine rings is 2. The number of benzene rings is 1. The summed E-state index contributed by atoms with van der Waals surface area (Å²) in [5.41, 5.74) is 2.95. The molecule has 0 N–H and O–H groups in total. The van der Waals surface area contributed by atoms with Gasteiger partial charge in [-0.2, -0.15) is 0 Å². The summed E-state index contributed by atoms with van der Waals surface area (Å²) in [7, 11) is 0. The zero-order chi connectivity index (χ0) is 17.3. The molecule has 0 fully saturated rings. The summed E-state index contributed by atoms with van der Waals surface area (Å²) in [6.07, 6.45) is 4.72. The predicted molar refractivity (Wildman–Crippen MR) is 95.4 cm³/mol. The van der Waals surface area contributed by atoms with E-state index in [0.29, 0.717) is 21.7 Å². The summed E-state index contributed by atoms with van der Waals surface area (Å²) >= 11 is 6.18. The Morgan fingerprint density at radius 1 is 1.08 bits per heavy atom. The van der Waals surface area contributed by atoms with Crippen molar-refractivity contribution < 1.29 is 4.39 Å². The van der Waals surface area contributed by atoms with Crippen molar-refractivity contribution in [2.45, 2.75) is 26.2 Å². The Kier molecular flexibility index (Phi) is 4.37. The van der Waals surface area contributed by atoms with Crippen LogP contribution in [0.25, 0.3) is 22.3 Å². The normalized spacial score (nSPS) is 11.5. The Hall–Kier alpha value is -2.26. The molecule has 0 aliphatic heterocycles. The number of rotatable bonds is 2. The molecule has 0 amide bonds. The summed E-state index contributed by atoms with van der Waals surface area (Å²) in [5.74, 6) is -0.343. The van der Waals surface area contributed by atoms with Crippen LogP contribution in [0.3, 0.4) is 0 Å². The molecule has 0 bridgehead atoms. The van der Waals surface area contributed by atoms with Gasteiger partial charge in [-0.1, -0.05) is 44.5 Å². The highest BCUT2D eigenvalue weighted by Crippen LogP contribution is 2.34. The standard InChI is InChI=1S/C20H17ClFN2/c1-20(2,3)18-10-13(8-9-24-18)15-11-23-12-16(19(15)22)14-6-4-5-7-17(14)21/h4,6-12H,1-3H3. The zero-order valence-electron chi connectivity index (χ0n) is 13.8. The Balaban J connectivity index is 2.15. The van der Waals surface area contributed by atoms with Crippen molar-refractivity contribution >= 4 is 11.6 Å². The van der Waals surface area contributed by atoms with Crippen LogP contribution in [-0.2, 0) is 5.41 Å². The molecule has 0 saturated heterocycles. The van der Waals surface area contributed by atoms with Crippen molar-refractivity contribution in [3.05, 3.63) is 71.5 Å². The second-order valence-corrected chi connectivity index (χ2v) is 7.04. The third-order valence-electron chi connectivity index (χ3n) is 3.82. The van der Waals surface area contributed by atoms with Gasteiger partial charge in [-0.25, -0.2) is 4.39 Å². The van der Waals surface area contributed by atoms with Crippen LogP contribution in [-0.4, -0.2) is 9.97 Å². The highest BCUT2D eigenvalue weighted by atomic mass is 35.5. The molecule has 3 rings (SSSR count). The van der Waals surface area contributed by atoms with Crippen LogP contribution in [0.2, 0.25) is 5.02 Å².